The molecule has 10 nitrogen and oxygen atoms in total. The van der Waals surface area contributed by atoms with Crippen LogP contribution in [0.25, 0.3) is 11.2 Å². The molecule has 0 radical (unpaired) electrons. The lowest BCUT2D eigenvalue weighted by Crippen LogP contribution is -2.28. The smallest absolute Gasteiger partial charge is 0.327 e. The molecule has 3 N–H and O–H groups in total. The van der Waals surface area contributed by atoms with Crippen molar-refractivity contribution in [2.24, 2.45) is 0 Å². The van der Waals surface area contributed by atoms with Crippen LogP contribution in [0, 0.1) is 0 Å². The Balaban J connectivity index is 2.46. The molecule has 0 spiro atoms. The molecule has 10 heteroatoms. The molecule has 118 valence electrons. The summed E-state index contributed by atoms with van der Waals surface area (Å²) in [6.45, 7) is 4.12. The van der Waals surface area contributed by atoms with Gasteiger partial charge in [0.1, 0.15) is 6.10 Å². The molecule has 1 amide bonds. The van der Waals surface area contributed by atoms with Crippen molar-refractivity contribution in [2.45, 2.75) is 33.4 Å². The SMILES string of the molecule is CC(=O)Nc1nc2[nH]c(=O)n(CC(C)OC(C)=O)c2c(=O)[nH]1. The summed E-state index contributed by atoms with van der Waals surface area (Å²) >= 11 is 0. The van der Waals surface area contributed by atoms with Gasteiger partial charge in [0.05, 0.1) is 6.54 Å². The number of aromatic amines is 2. The number of esters is 1. The predicted molar refractivity (Wildman–Crippen MR) is 76.5 cm³/mol. The molecule has 1 unspecified atom stereocenters. The second kappa shape index (κ2) is 5.84. The number of hydrogen-bond acceptors (Lipinski definition) is 6. The van der Waals surface area contributed by atoms with Gasteiger partial charge in [-0.15, -0.1) is 0 Å². The van der Waals surface area contributed by atoms with Gasteiger partial charge < -0.3 is 4.74 Å². The molecular weight excluding hydrogens is 294 g/mol. The molecule has 22 heavy (non-hydrogen) atoms. The highest BCUT2D eigenvalue weighted by molar-refractivity contribution is 5.87. The fourth-order valence-electron chi connectivity index (χ4n) is 2.05. The summed E-state index contributed by atoms with van der Waals surface area (Å²) in [7, 11) is 0. The van der Waals surface area contributed by atoms with Crippen molar-refractivity contribution in [3.05, 3.63) is 20.8 Å². The van der Waals surface area contributed by atoms with Gasteiger partial charge in [0.25, 0.3) is 5.56 Å². The molecule has 2 aromatic rings. The van der Waals surface area contributed by atoms with E-state index in [9.17, 15) is 19.2 Å². The number of hydrogen-bond donors (Lipinski definition) is 3. The number of carbonyl (C=O) groups is 2. The topological polar surface area (TPSA) is 139 Å². The molecule has 0 saturated carbocycles. The average Bonchev–Trinajstić information content (AvgIpc) is 2.63. The first-order chi connectivity index (χ1) is 10.3. The van der Waals surface area contributed by atoms with E-state index in [1.54, 1.807) is 6.92 Å². The first kappa shape index (κ1) is 15.5. The van der Waals surface area contributed by atoms with Crippen LogP contribution in [0.15, 0.2) is 9.59 Å². The number of aromatic nitrogens is 4. The number of amides is 1. The minimum Gasteiger partial charge on any atom is -0.461 e. The summed E-state index contributed by atoms with van der Waals surface area (Å²) in [6.07, 6.45) is -0.594. The van der Waals surface area contributed by atoms with Crippen LogP contribution in [0.2, 0.25) is 0 Å². The van der Waals surface area contributed by atoms with E-state index in [1.165, 1.54) is 13.8 Å². The highest BCUT2D eigenvalue weighted by atomic mass is 16.5. The number of ether oxygens (including phenoxy) is 1. The fraction of sp³-hybridized carbons (Fsp3) is 0.417. The second-order valence-electron chi connectivity index (χ2n) is 4.75. The molecule has 2 aromatic heterocycles. The van der Waals surface area contributed by atoms with Crippen LogP contribution in [-0.2, 0) is 20.9 Å². The number of rotatable bonds is 4. The van der Waals surface area contributed by atoms with Crippen LogP contribution in [0.4, 0.5) is 5.95 Å². The molecule has 0 aliphatic carbocycles. The van der Waals surface area contributed by atoms with Gasteiger partial charge >= 0.3 is 11.7 Å². The Morgan fingerprint density at radius 2 is 2.00 bits per heavy atom. The van der Waals surface area contributed by atoms with Crippen LogP contribution in [0.3, 0.4) is 0 Å². The van der Waals surface area contributed by atoms with Gasteiger partial charge in [-0.2, -0.15) is 4.98 Å². The van der Waals surface area contributed by atoms with Crippen molar-refractivity contribution >= 4 is 29.0 Å². The molecule has 0 saturated heterocycles. The van der Waals surface area contributed by atoms with Crippen LogP contribution in [0.1, 0.15) is 20.8 Å². The number of imidazole rings is 1. The Hall–Kier alpha value is -2.91. The maximum absolute atomic E-state index is 12.1. The summed E-state index contributed by atoms with van der Waals surface area (Å²) in [5, 5.41) is 2.33. The minimum absolute atomic E-state index is 0.00264. The van der Waals surface area contributed by atoms with Crippen molar-refractivity contribution in [1.82, 2.24) is 19.5 Å². The van der Waals surface area contributed by atoms with E-state index < -0.39 is 29.2 Å². The van der Waals surface area contributed by atoms with E-state index in [0.29, 0.717) is 0 Å². The van der Waals surface area contributed by atoms with E-state index in [-0.39, 0.29) is 23.7 Å². The first-order valence-corrected chi connectivity index (χ1v) is 6.45. The normalized spacial score (nSPS) is 12.1. The first-order valence-electron chi connectivity index (χ1n) is 6.45. The van der Waals surface area contributed by atoms with Crippen molar-refractivity contribution < 1.29 is 14.3 Å². The van der Waals surface area contributed by atoms with Crippen molar-refractivity contribution in [1.29, 1.82) is 0 Å². The fourth-order valence-corrected chi connectivity index (χ4v) is 2.05. The molecule has 1 atom stereocenters. The third-order valence-corrected chi connectivity index (χ3v) is 2.74. The molecule has 0 bridgehead atoms. The van der Waals surface area contributed by atoms with Gasteiger partial charge in [-0.25, -0.2) is 4.79 Å². The number of carbonyl (C=O) groups excluding carboxylic acids is 2. The summed E-state index contributed by atoms with van der Waals surface area (Å²) in [6, 6.07) is 0. The summed E-state index contributed by atoms with van der Waals surface area (Å²) in [5.41, 5.74) is -1.11. The van der Waals surface area contributed by atoms with Crippen molar-refractivity contribution in [3.8, 4) is 0 Å². The van der Waals surface area contributed by atoms with Crippen LogP contribution in [0.5, 0.6) is 0 Å². The quantitative estimate of drug-likeness (QED) is 0.640. The zero-order chi connectivity index (χ0) is 16.4. The lowest BCUT2D eigenvalue weighted by atomic mass is 10.4. The molecule has 0 aliphatic rings. The van der Waals surface area contributed by atoms with Gasteiger partial charge in [0.2, 0.25) is 11.9 Å². The van der Waals surface area contributed by atoms with Gasteiger partial charge in [0, 0.05) is 13.8 Å². The zero-order valence-electron chi connectivity index (χ0n) is 12.2. The maximum Gasteiger partial charge on any atom is 0.327 e. The molecule has 2 heterocycles. The lowest BCUT2D eigenvalue weighted by Gasteiger charge is -2.12. The monoisotopic (exact) mass is 309 g/mol. The highest BCUT2D eigenvalue weighted by Gasteiger charge is 2.16. The predicted octanol–water partition coefficient (Wildman–Crippen LogP) is -0.677. The largest absolute Gasteiger partial charge is 0.461 e. The highest BCUT2D eigenvalue weighted by Crippen LogP contribution is 2.06. The molecule has 0 fully saturated rings. The molecular formula is C12H15N5O5. The molecule has 2 rings (SSSR count). The van der Waals surface area contributed by atoms with Crippen molar-refractivity contribution in [2.75, 3.05) is 5.32 Å². The van der Waals surface area contributed by atoms with E-state index in [0.717, 1.165) is 4.57 Å². The second-order valence-corrected chi connectivity index (χ2v) is 4.75. The number of fused-ring (bicyclic) bond motifs is 1. The molecule has 0 aliphatic heterocycles. The summed E-state index contributed by atoms with van der Waals surface area (Å²) in [5.74, 6) is -0.959. The third-order valence-electron chi connectivity index (χ3n) is 2.74. The van der Waals surface area contributed by atoms with E-state index in [4.69, 9.17) is 4.74 Å². The van der Waals surface area contributed by atoms with Crippen LogP contribution >= 0.6 is 0 Å². The average molecular weight is 309 g/mol. The van der Waals surface area contributed by atoms with Gasteiger partial charge in [0.15, 0.2) is 11.2 Å². The third kappa shape index (κ3) is 3.22. The van der Waals surface area contributed by atoms with Crippen molar-refractivity contribution in [3.63, 3.8) is 0 Å². The van der Waals surface area contributed by atoms with Gasteiger partial charge in [-0.1, -0.05) is 0 Å². The molecule has 0 aromatic carbocycles. The van der Waals surface area contributed by atoms with Crippen LogP contribution in [-0.4, -0.2) is 37.5 Å². The van der Waals surface area contributed by atoms with Gasteiger partial charge in [-0.05, 0) is 6.92 Å². The maximum atomic E-state index is 12.1. The Morgan fingerprint density at radius 1 is 1.32 bits per heavy atom. The number of anilines is 1. The van der Waals surface area contributed by atoms with E-state index in [2.05, 4.69) is 20.3 Å². The minimum atomic E-state index is -0.595. The Morgan fingerprint density at radius 3 is 2.59 bits per heavy atom. The van der Waals surface area contributed by atoms with E-state index in [1.807, 2.05) is 0 Å². The number of nitrogens with zero attached hydrogens (tertiary/aromatic N) is 2. The zero-order valence-corrected chi connectivity index (χ0v) is 12.2. The lowest BCUT2D eigenvalue weighted by molar-refractivity contribution is -0.146. The Kier molecular flexibility index (Phi) is 4.11. The number of nitrogens with one attached hydrogen (secondary N) is 3. The Labute approximate surface area is 123 Å². The standard InChI is InChI=1S/C12H15N5O5/c1-5(22-7(3)19)4-17-8-9(15-12(17)21)14-11(13-6(2)18)16-10(8)20/h5H,4H2,1-3H3,(H3,13,14,15,16,18,20,21). The number of H-pyrrole nitrogens is 2. The summed E-state index contributed by atoms with van der Waals surface area (Å²) < 4.78 is 6.07. The van der Waals surface area contributed by atoms with Gasteiger partial charge in [-0.3, -0.25) is 34.2 Å². The Bertz CT molecular complexity index is 846. The van der Waals surface area contributed by atoms with E-state index >= 15 is 0 Å². The van der Waals surface area contributed by atoms with Crippen LogP contribution < -0.4 is 16.6 Å². The summed E-state index contributed by atoms with van der Waals surface area (Å²) in [4.78, 5) is 54.6.